The standard InChI is InChI=1S/C14H12ClN5OS/c1-8-7-11(20(2)18-8)16-14(21)12-13(22-19-17-12)9-3-5-10(15)6-4-9/h3-7H,1-2H3,(H,16,21). The Morgan fingerprint density at radius 1 is 1.32 bits per heavy atom. The average Bonchev–Trinajstić information content (AvgIpc) is 3.07. The van der Waals surface area contributed by atoms with E-state index in [2.05, 4.69) is 20.0 Å². The number of halogens is 1. The van der Waals surface area contributed by atoms with Crippen LogP contribution in [0.2, 0.25) is 5.02 Å². The van der Waals surface area contributed by atoms with Crippen LogP contribution in [0.15, 0.2) is 30.3 Å². The fraction of sp³-hybridized carbons (Fsp3) is 0.143. The van der Waals surface area contributed by atoms with Crippen LogP contribution in [-0.4, -0.2) is 25.3 Å². The molecule has 2 heterocycles. The molecule has 3 aromatic rings. The van der Waals surface area contributed by atoms with Gasteiger partial charge in [0.2, 0.25) is 0 Å². The molecule has 112 valence electrons. The lowest BCUT2D eigenvalue weighted by Crippen LogP contribution is -2.15. The lowest BCUT2D eigenvalue weighted by Gasteiger charge is -2.04. The van der Waals surface area contributed by atoms with Gasteiger partial charge in [0.15, 0.2) is 5.69 Å². The van der Waals surface area contributed by atoms with Crippen LogP contribution in [0.1, 0.15) is 16.2 Å². The zero-order valence-electron chi connectivity index (χ0n) is 11.9. The number of carbonyl (C=O) groups is 1. The lowest BCUT2D eigenvalue weighted by atomic mass is 10.1. The zero-order valence-corrected chi connectivity index (χ0v) is 13.4. The van der Waals surface area contributed by atoms with Crippen molar-refractivity contribution in [3.05, 3.63) is 46.7 Å². The van der Waals surface area contributed by atoms with Gasteiger partial charge in [-0.05, 0) is 36.2 Å². The first-order valence-electron chi connectivity index (χ1n) is 6.45. The molecule has 3 rings (SSSR count). The summed E-state index contributed by atoms with van der Waals surface area (Å²) in [6, 6.07) is 9.00. The molecule has 1 N–H and O–H groups in total. The molecule has 8 heteroatoms. The second kappa shape index (κ2) is 5.86. The highest BCUT2D eigenvalue weighted by Gasteiger charge is 2.19. The Hall–Kier alpha value is -2.25. The minimum absolute atomic E-state index is 0.283. The molecule has 1 amide bonds. The van der Waals surface area contributed by atoms with E-state index in [1.54, 1.807) is 29.9 Å². The molecule has 6 nitrogen and oxygen atoms in total. The summed E-state index contributed by atoms with van der Waals surface area (Å²) in [5, 5.41) is 11.6. The molecule has 0 fully saturated rings. The first-order valence-corrected chi connectivity index (χ1v) is 7.60. The molecular weight excluding hydrogens is 322 g/mol. The van der Waals surface area contributed by atoms with Crippen LogP contribution in [-0.2, 0) is 7.05 Å². The molecule has 0 unspecified atom stereocenters. The summed E-state index contributed by atoms with van der Waals surface area (Å²) in [5.41, 5.74) is 1.96. The van der Waals surface area contributed by atoms with Gasteiger partial charge in [-0.2, -0.15) is 5.10 Å². The molecule has 0 radical (unpaired) electrons. The van der Waals surface area contributed by atoms with Gasteiger partial charge in [-0.3, -0.25) is 9.48 Å². The SMILES string of the molecule is Cc1cc(NC(=O)c2nnsc2-c2ccc(Cl)cc2)n(C)n1. The monoisotopic (exact) mass is 333 g/mol. The number of anilines is 1. The number of carbonyl (C=O) groups excluding carboxylic acids is 1. The van der Waals surface area contributed by atoms with Crippen molar-refractivity contribution in [3.63, 3.8) is 0 Å². The van der Waals surface area contributed by atoms with Crippen LogP contribution in [0.5, 0.6) is 0 Å². The Balaban J connectivity index is 1.89. The van der Waals surface area contributed by atoms with Gasteiger partial charge < -0.3 is 5.32 Å². The van der Waals surface area contributed by atoms with Crippen LogP contribution in [0, 0.1) is 6.92 Å². The molecule has 0 atom stereocenters. The van der Waals surface area contributed by atoms with E-state index in [9.17, 15) is 4.79 Å². The summed E-state index contributed by atoms with van der Waals surface area (Å²) >= 11 is 7.05. The van der Waals surface area contributed by atoms with Crippen LogP contribution in [0.25, 0.3) is 10.4 Å². The maximum absolute atomic E-state index is 12.4. The van der Waals surface area contributed by atoms with Crippen molar-refractivity contribution in [3.8, 4) is 10.4 Å². The summed E-state index contributed by atoms with van der Waals surface area (Å²) in [7, 11) is 1.77. The number of benzene rings is 1. The molecule has 0 spiro atoms. The van der Waals surface area contributed by atoms with E-state index in [-0.39, 0.29) is 11.6 Å². The largest absolute Gasteiger partial charge is 0.305 e. The minimum atomic E-state index is -0.318. The third kappa shape index (κ3) is 2.86. The molecule has 0 saturated heterocycles. The van der Waals surface area contributed by atoms with Crippen molar-refractivity contribution in [2.75, 3.05) is 5.32 Å². The summed E-state index contributed by atoms with van der Waals surface area (Å²) in [4.78, 5) is 13.1. The normalized spacial score (nSPS) is 10.7. The van der Waals surface area contributed by atoms with Crippen molar-refractivity contribution in [2.45, 2.75) is 6.92 Å². The second-order valence-corrected chi connectivity index (χ2v) is 5.90. The number of hydrogen-bond donors (Lipinski definition) is 1. The van der Waals surface area contributed by atoms with Gasteiger partial charge in [-0.25, -0.2) is 0 Å². The van der Waals surface area contributed by atoms with Gasteiger partial charge in [-0.15, -0.1) is 5.10 Å². The van der Waals surface area contributed by atoms with Crippen LogP contribution in [0.4, 0.5) is 5.82 Å². The first kappa shape index (κ1) is 14.7. The number of rotatable bonds is 3. The molecule has 22 heavy (non-hydrogen) atoms. The second-order valence-electron chi connectivity index (χ2n) is 4.71. The van der Waals surface area contributed by atoms with Crippen LogP contribution >= 0.6 is 23.1 Å². The van der Waals surface area contributed by atoms with Gasteiger partial charge >= 0.3 is 0 Å². The predicted molar refractivity (Wildman–Crippen MR) is 86.3 cm³/mol. The average molecular weight is 334 g/mol. The molecule has 0 saturated carbocycles. The zero-order chi connectivity index (χ0) is 15.7. The van der Waals surface area contributed by atoms with E-state index in [4.69, 9.17) is 11.6 Å². The van der Waals surface area contributed by atoms with E-state index in [1.807, 2.05) is 19.1 Å². The van der Waals surface area contributed by atoms with E-state index in [1.165, 1.54) is 11.5 Å². The van der Waals surface area contributed by atoms with E-state index >= 15 is 0 Å². The van der Waals surface area contributed by atoms with Crippen LogP contribution in [0.3, 0.4) is 0 Å². The van der Waals surface area contributed by atoms with Crippen molar-refractivity contribution in [2.24, 2.45) is 7.05 Å². The number of amides is 1. The molecule has 0 bridgehead atoms. The smallest absolute Gasteiger partial charge is 0.278 e. The Morgan fingerprint density at radius 2 is 2.05 bits per heavy atom. The molecule has 0 aliphatic rings. The summed E-state index contributed by atoms with van der Waals surface area (Å²) in [6.45, 7) is 1.86. The van der Waals surface area contributed by atoms with Gasteiger partial charge in [0.1, 0.15) is 5.82 Å². The fourth-order valence-electron chi connectivity index (χ4n) is 2.03. The maximum Gasteiger partial charge on any atom is 0.278 e. The maximum atomic E-state index is 12.4. The summed E-state index contributed by atoms with van der Waals surface area (Å²) < 4.78 is 5.49. The molecular formula is C14H12ClN5OS. The number of aryl methyl sites for hydroxylation is 2. The quantitative estimate of drug-likeness (QED) is 0.799. The number of nitrogens with zero attached hydrogens (tertiary/aromatic N) is 4. The molecule has 2 aromatic heterocycles. The van der Waals surface area contributed by atoms with Crippen molar-refractivity contribution in [1.29, 1.82) is 0 Å². The highest BCUT2D eigenvalue weighted by molar-refractivity contribution is 7.09. The Kier molecular flexibility index (Phi) is 3.91. The lowest BCUT2D eigenvalue weighted by molar-refractivity contribution is 0.102. The highest BCUT2D eigenvalue weighted by Crippen LogP contribution is 2.27. The van der Waals surface area contributed by atoms with Crippen LogP contribution < -0.4 is 5.32 Å². The minimum Gasteiger partial charge on any atom is -0.305 e. The van der Waals surface area contributed by atoms with E-state index in [0.29, 0.717) is 15.7 Å². The van der Waals surface area contributed by atoms with Gasteiger partial charge in [0.25, 0.3) is 5.91 Å². The van der Waals surface area contributed by atoms with Gasteiger partial charge in [0.05, 0.1) is 10.6 Å². The first-order chi connectivity index (χ1) is 10.5. The van der Waals surface area contributed by atoms with E-state index in [0.717, 1.165) is 11.3 Å². The summed E-state index contributed by atoms with van der Waals surface area (Å²) in [6.07, 6.45) is 0. The Morgan fingerprint density at radius 3 is 2.68 bits per heavy atom. The van der Waals surface area contributed by atoms with Gasteiger partial charge in [-0.1, -0.05) is 28.2 Å². The van der Waals surface area contributed by atoms with Crippen molar-refractivity contribution >= 4 is 34.9 Å². The van der Waals surface area contributed by atoms with E-state index < -0.39 is 0 Å². The third-order valence-corrected chi connectivity index (χ3v) is 4.08. The topological polar surface area (TPSA) is 72.7 Å². The van der Waals surface area contributed by atoms with Crippen molar-refractivity contribution < 1.29 is 4.79 Å². The Bertz CT molecular complexity index is 824. The number of aromatic nitrogens is 4. The molecule has 1 aromatic carbocycles. The predicted octanol–water partition coefficient (Wildman–Crippen LogP) is 3.15. The fourth-order valence-corrected chi connectivity index (χ4v) is 2.82. The number of nitrogens with one attached hydrogen (secondary N) is 1. The Labute approximate surface area is 135 Å². The molecule has 0 aliphatic heterocycles. The molecule has 0 aliphatic carbocycles. The van der Waals surface area contributed by atoms with Crippen molar-refractivity contribution in [1.82, 2.24) is 19.4 Å². The third-order valence-electron chi connectivity index (χ3n) is 3.05. The number of hydrogen-bond acceptors (Lipinski definition) is 5. The highest BCUT2D eigenvalue weighted by atomic mass is 35.5. The van der Waals surface area contributed by atoms with Gasteiger partial charge in [0, 0.05) is 18.1 Å². The summed E-state index contributed by atoms with van der Waals surface area (Å²) in [5.74, 6) is 0.291.